The monoisotopic (exact) mass is 330 g/mol. The minimum atomic E-state index is -0.608. The van der Waals surface area contributed by atoms with Gasteiger partial charge in [0.1, 0.15) is 18.2 Å². The Morgan fingerprint density at radius 3 is 2.16 bits per heavy atom. The Morgan fingerprint density at radius 2 is 1.68 bits per heavy atom. The number of rotatable bonds is 2. The van der Waals surface area contributed by atoms with Crippen LogP contribution >= 0.6 is 0 Å². The Hall–Kier alpha value is -3.82. The van der Waals surface area contributed by atoms with Gasteiger partial charge in [0, 0.05) is 11.3 Å². The predicted octanol–water partition coefficient (Wildman–Crippen LogP) is 2.62. The second kappa shape index (κ2) is 7.17. The first-order valence-corrected chi connectivity index (χ1v) is 7.31. The molecule has 0 fully saturated rings. The Kier molecular flexibility index (Phi) is 5.03. The molecule has 0 aliphatic carbocycles. The highest BCUT2D eigenvalue weighted by Gasteiger charge is 2.31. The van der Waals surface area contributed by atoms with Crippen molar-refractivity contribution in [1.29, 1.82) is 15.8 Å². The van der Waals surface area contributed by atoms with Crippen molar-refractivity contribution >= 4 is 11.5 Å². The second-order valence-electron chi connectivity index (χ2n) is 5.32. The first kappa shape index (κ1) is 17.5. The molecule has 0 aromatic heterocycles. The lowest BCUT2D eigenvalue weighted by molar-refractivity contribution is -0.135. The molecule has 2 rings (SSSR count). The van der Waals surface area contributed by atoms with Crippen LogP contribution in [0.3, 0.4) is 0 Å². The molecule has 0 atom stereocenters. The van der Waals surface area contributed by atoms with E-state index in [1.807, 2.05) is 25.1 Å². The van der Waals surface area contributed by atoms with E-state index < -0.39 is 5.97 Å². The molecule has 6 nitrogen and oxygen atoms in total. The zero-order valence-corrected chi connectivity index (χ0v) is 14.0. The maximum absolute atomic E-state index is 12.3. The molecule has 1 N–H and O–H groups in total. The van der Waals surface area contributed by atoms with Gasteiger partial charge in [-0.1, -0.05) is 29.8 Å². The molecular formula is C19H14N4O2. The number of nitriles is 3. The van der Waals surface area contributed by atoms with Gasteiger partial charge in [-0.25, -0.2) is 4.79 Å². The summed E-state index contributed by atoms with van der Waals surface area (Å²) >= 11 is 0. The molecule has 1 aliphatic rings. The molecule has 1 aliphatic heterocycles. The topological polar surface area (TPSA) is 110 Å². The normalized spacial score (nSPS) is 13.4. The van der Waals surface area contributed by atoms with Crippen LogP contribution in [0, 0.1) is 40.9 Å². The molecule has 0 unspecified atom stereocenters. The minimum Gasteiger partial charge on any atom is -0.465 e. The number of esters is 1. The third-order valence-corrected chi connectivity index (χ3v) is 3.75. The fraction of sp³-hybridized carbons (Fsp3) is 0.158. The van der Waals surface area contributed by atoms with Crippen molar-refractivity contribution in [2.75, 3.05) is 7.11 Å². The Labute approximate surface area is 145 Å². The van der Waals surface area contributed by atoms with Crippen molar-refractivity contribution in [3.63, 3.8) is 0 Å². The Balaban J connectivity index is 2.92. The van der Waals surface area contributed by atoms with Crippen LogP contribution in [0.4, 0.5) is 0 Å². The van der Waals surface area contributed by atoms with Gasteiger partial charge in [0.25, 0.3) is 0 Å². The van der Waals surface area contributed by atoms with Crippen molar-refractivity contribution in [1.82, 2.24) is 5.32 Å². The van der Waals surface area contributed by atoms with E-state index in [0.29, 0.717) is 16.8 Å². The van der Waals surface area contributed by atoms with Gasteiger partial charge in [-0.3, -0.25) is 0 Å². The summed E-state index contributed by atoms with van der Waals surface area (Å²) < 4.78 is 4.85. The molecule has 1 heterocycles. The van der Waals surface area contributed by atoms with E-state index in [4.69, 9.17) is 4.74 Å². The summed E-state index contributed by atoms with van der Waals surface area (Å²) in [4.78, 5) is 12.3. The number of allylic oxidation sites excluding steroid dienone is 3. The van der Waals surface area contributed by atoms with Gasteiger partial charge in [0.2, 0.25) is 0 Å². The highest BCUT2D eigenvalue weighted by atomic mass is 16.5. The van der Waals surface area contributed by atoms with Crippen LogP contribution in [-0.2, 0) is 9.53 Å². The number of hydrogen-bond acceptors (Lipinski definition) is 6. The number of carbonyl (C=O) groups is 1. The molecule has 0 saturated carbocycles. The summed E-state index contributed by atoms with van der Waals surface area (Å²) in [6.45, 7) is 3.55. The van der Waals surface area contributed by atoms with Gasteiger partial charge in [-0.05, 0) is 19.4 Å². The lowest BCUT2D eigenvalue weighted by Gasteiger charge is -2.24. The molecule has 122 valence electrons. The van der Waals surface area contributed by atoms with Crippen LogP contribution in [0.5, 0.6) is 0 Å². The van der Waals surface area contributed by atoms with Crippen molar-refractivity contribution < 1.29 is 9.53 Å². The lowest BCUT2D eigenvalue weighted by atomic mass is 9.86. The first-order valence-electron chi connectivity index (χ1n) is 7.31. The molecule has 0 radical (unpaired) electrons. The Bertz CT molecular complexity index is 943. The number of ether oxygens (including phenoxy) is 1. The first-order chi connectivity index (χ1) is 12.0. The second-order valence-corrected chi connectivity index (χ2v) is 5.32. The van der Waals surface area contributed by atoms with Crippen LogP contribution in [0.25, 0.3) is 5.57 Å². The van der Waals surface area contributed by atoms with Crippen molar-refractivity contribution in [3.8, 4) is 18.2 Å². The van der Waals surface area contributed by atoms with Gasteiger partial charge >= 0.3 is 5.97 Å². The van der Waals surface area contributed by atoms with E-state index in [1.54, 1.807) is 31.2 Å². The van der Waals surface area contributed by atoms with Crippen LogP contribution in [0.1, 0.15) is 18.1 Å². The van der Waals surface area contributed by atoms with E-state index in [1.165, 1.54) is 7.11 Å². The zero-order valence-electron chi connectivity index (χ0n) is 14.0. The number of carbonyl (C=O) groups excluding carboxylic acids is 1. The predicted molar refractivity (Wildman–Crippen MR) is 89.8 cm³/mol. The van der Waals surface area contributed by atoms with Crippen LogP contribution in [-0.4, -0.2) is 13.1 Å². The van der Waals surface area contributed by atoms with Gasteiger partial charge in [-0.15, -0.1) is 0 Å². The molecule has 25 heavy (non-hydrogen) atoms. The van der Waals surface area contributed by atoms with Gasteiger partial charge in [0.15, 0.2) is 5.57 Å². The summed E-state index contributed by atoms with van der Waals surface area (Å²) in [5, 5.41) is 30.9. The van der Waals surface area contributed by atoms with E-state index in [0.717, 1.165) is 5.56 Å². The summed E-state index contributed by atoms with van der Waals surface area (Å²) in [6.07, 6.45) is 0. The third kappa shape index (κ3) is 3.13. The zero-order chi connectivity index (χ0) is 18.6. The molecular weight excluding hydrogens is 316 g/mol. The van der Waals surface area contributed by atoms with Gasteiger partial charge in [0.05, 0.1) is 24.0 Å². The standard InChI is InChI=1S/C19H14N4O2/c1-11-4-6-13(7-5-11)17-15(10-22)18(14(8-20)9-21)23-12(2)16(17)19(24)25-3/h4-7,23H,1-3H3. The SMILES string of the molecule is COC(=O)C1=C(C)NC(=C(C#N)C#N)C(C#N)=C1c1ccc(C)cc1. The number of hydrogen-bond donors (Lipinski definition) is 1. The molecule has 0 amide bonds. The summed E-state index contributed by atoms with van der Waals surface area (Å²) in [7, 11) is 1.25. The molecule has 0 saturated heterocycles. The number of methoxy groups -OCH3 is 1. The highest BCUT2D eigenvalue weighted by Crippen LogP contribution is 2.36. The molecule has 1 aromatic rings. The molecule has 6 heteroatoms. The van der Waals surface area contributed by atoms with Crippen LogP contribution in [0.2, 0.25) is 0 Å². The molecule has 1 aromatic carbocycles. The fourth-order valence-corrected chi connectivity index (χ4v) is 2.55. The van der Waals surface area contributed by atoms with Crippen molar-refractivity contribution in [2.45, 2.75) is 13.8 Å². The van der Waals surface area contributed by atoms with Crippen LogP contribution in [0.15, 0.2) is 52.4 Å². The number of benzene rings is 1. The fourth-order valence-electron chi connectivity index (χ4n) is 2.55. The summed E-state index contributed by atoms with van der Waals surface area (Å²) in [5.41, 5.74) is 2.48. The van der Waals surface area contributed by atoms with Crippen LogP contribution < -0.4 is 5.32 Å². The maximum Gasteiger partial charge on any atom is 0.340 e. The van der Waals surface area contributed by atoms with E-state index >= 15 is 0 Å². The maximum atomic E-state index is 12.3. The van der Waals surface area contributed by atoms with Gasteiger partial charge in [-0.2, -0.15) is 15.8 Å². The largest absolute Gasteiger partial charge is 0.465 e. The molecule has 0 spiro atoms. The van der Waals surface area contributed by atoms with Crippen molar-refractivity contribution in [2.24, 2.45) is 0 Å². The minimum absolute atomic E-state index is 0.0490. The van der Waals surface area contributed by atoms with E-state index in [9.17, 15) is 20.6 Å². The smallest absolute Gasteiger partial charge is 0.340 e. The average molecular weight is 330 g/mol. The summed E-state index contributed by atoms with van der Waals surface area (Å²) in [6, 6.07) is 12.8. The lowest BCUT2D eigenvalue weighted by Crippen LogP contribution is -2.26. The molecule has 0 bridgehead atoms. The van der Waals surface area contributed by atoms with Crippen molar-refractivity contribution in [3.05, 3.63) is 63.5 Å². The third-order valence-electron chi connectivity index (χ3n) is 3.75. The average Bonchev–Trinajstić information content (AvgIpc) is 2.62. The van der Waals surface area contributed by atoms with E-state index in [2.05, 4.69) is 5.32 Å². The number of dihydropyridines is 1. The number of nitrogens with zero attached hydrogens (tertiary/aromatic N) is 3. The number of nitrogens with one attached hydrogen (secondary N) is 1. The highest BCUT2D eigenvalue weighted by molar-refractivity contribution is 6.10. The number of aryl methyl sites for hydroxylation is 1. The van der Waals surface area contributed by atoms with E-state index in [-0.39, 0.29) is 22.4 Å². The van der Waals surface area contributed by atoms with Gasteiger partial charge < -0.3 is 10.1 Å². The Morgan fingerprint density at radius 1 is 1.08 bits per heavy atom. The quantitative estimate of drug-likeness (QED) is 0.659. The summed E-state index contributed by atoms with van der Waals surface area (Å²) in [5.74, 6) is -0.608.